The predicted octanol–water partition coefficient (Wildman–Crippen LogP) is -0.778. The zero-order valence-corrected chi connectivity index (χ0v) is 8.01. The van der Waals surface area contributed by atoms with Crippen LogP contribution in [0.5, 0.6) is 0 Å². The van der Waals surface area contributed by atoms with Crippen molar-refractivity contribution >= 4 is 7.28 Å². The Balaban J connectivity index is 2.45. The molecule has 0 amide bonds. The van der Waals surface area contributed by atoms with Crippen molar-refractivity contribution in [3.05, 3.63) is 0 Å². The van der Waals surface area contributed by atoms with Crippen molar-refractivity contribution < 1.29 is 19.7 Å². The van der Waals surface area contributed by atoms with Crippen molar-refractivity contribution in [1.29, 1.82) is 0 Å². The van der Waals surface area contributed by atoms with Gasteiger partial charge < -0.3 is 19.7 Å². The van der Waals surface area contributed by atoms with Gasteiger partial charge in [0, 0.05) is 7.11 Å². The fourth-order valence-corrected chi connectivity index (χ4v) is 1.51. The van der Waals surface area contributed by atoms with Crippen LogP contribution in [0.15, 0.2) is 0 Å². The molecule has 1 saturated heterocycles. The number of ether oxygens (including phenoxy) is 2. The lowest BCUT2D eigenvalue weighted by atomic mass is 9.67. The van der Waals surface area contributed by atoms with Crippen molar-refractivity contribution in [2.45, 2.75) is 37.6 Å². The number of rotatable bonds is 4. The topological polar surface area (TPSA) is 58.9 Å². The highest BCUT2D eigenvalue weighted by atomic mass is 16.6. The standard InChI is InChI=1S/C8H16BO4/c1-3-9-8-7(11)6(10)5(13-8)4-12-2/h5-8,10-11H,3-4H2,1-2H3. The van der Waals surface area contributed by atoms with Gasteiger partial charge in [-0.05, 0) is 0 Å². The van der Waals surface area contributed by atoms with Crippen LogP contribution in [0.4, 0.5) is 0 Å². The van der Waals surface area contributed by atoms with Gasteiger partial charge in [0.15, 0.2) is 7.28 Å². The van der Waals surface area contributed by atoms with Crippen molar-refractivity contribution in [3.8, 4) is 0 Å². The number of methoxy groups -OCH3 is 1. The van der Waals surface area contributed by atoms with Crippen LogP contribution in [0.1, 0.15) is 6.92 Å². The van der Waals surface area contributed by atoms with E-state index in [0.717, 1.165) is 6.32 Å². The van der Waals surface area contributed by atoms with Crippen LogP contribution >= 0.6 is 0 Å². The first-order chi connectivity index (χ1) is 6.20. The van der Waals surface area contributed by atoms with E-state index in [-0.39, 0.29) is 6.00 Å². The third kappa shape index (κ3) is 2.43. The smallest absolute Gasteiger partial charge is 0.152 e. The second kappa shape index (κ2) is 4.95. The molecule has 4 atom stereocenters. The number of aliphatic hydroxyl groups is 2. The molecule has 0 aromatic carbocycles. The Hall–Kier alpha value is -0.0951. The third-order valence-electron chi connectivity index (χ3n) is 2.20. The summed E-state index contributed by atoms with van der Waals surface area (Å²) in [5.74, 6) is 0. The second-order valence-electron chi connectivity index (χ2n) is 3.22. The van der Waals surface area contributed by atoms with E-state index in [9.17, 15) is 10.2 Å². The molecule has 13 heavy (non-hydrogen) atoms. The molecule has 0 bridgehead atoms. The summed E-state index contributed by atoms with van der Waals surface area (Å²) in [6.45, 7) is 2.28. The first kappa shape index (κ1) is 11.0. The molecule has 1 aliphatic heterocycles. The normalized spacial score (nSPS) is 39.4. The molecule has 0 spiro atoms. The molecule has 1 radical (unpaired) electrons. The summed E-state index contributed by atoms with van der Waals surface area (Å²) in [5, 5.41) is 19.0. The maximum Gasteiger partial charge on any atom is 0.152 e. The molecule has 1 heterocycles. The van der Waals surface area contributed by atoms with Crippen molar-refractivity contribution in [3.63, 3.8) is 0 Å². The number of hydrogen-bond acceptors (Lipinski definition) is 4. The van der Waals surface area contributed by atoms with Gasteiger partial charge in [-0.15, -0.1) is 0 Å². The number of hydrogen-bond donors (Lipinski definition) is 2. The van der Waals surface area contributed by atoms with Crippen LogP contribution in [0.2, 0.25) is 6.32 Å². The molecular weight excluding hydrogens is 171 g/mol. The maximum atomic E-state index is 9.52. The van der Waals surface area contributed by atoms with Gasteiger partial charge in [-0.2, -0.15) is 0 Å². The van der Waals surface area contributed by atoms with Crippen LogP contribution in [0.25, 0.3) is 0 Å². The van der Waals surface area contributed by atoms with Gasteiger partial charge in [0.25, 0.3) is 0 Å². The van der Waals surface area contributed by atoms with E-state index in [0.29, 0.717) is 6.61 Å². The molecule has 1 fully saturated rings. The van der Waals surface area contributed by atoms with E-state index < -0.39 is 18.3 Å². The van der Waals surface area contributed by atoms with E-state index in [4.69, 9.17) is 9.47 Å². The molecule has 4 unspecified atom stereocenters. The minimum Gasteiger partial charge on any atom is -0.388 e. The fraction of sp³-hybridized carbons (Fsp3) is 1.00. The highest BCUT2D eigenvalue weighted by Gasteiger charge is 2.41. The minimum absolute atomic E-state index is 0.312. The van der Waals surface area contributed by atoms with Gasteiger partial charge >= 0.3 is 0 Å². The van der Waals surface area contributed by atoms with E-state index >= 15 is 0 Å². The SMILES string of the molecule is CC[B]C1OC(COC)C(O)C1O. The van der Waals surface area contributed by atoms with Crippen LogP contribution in [0, 0.1) is 0 Å². The summed E-state index contributed by atoms with van der Waals surface area (Å²) >= 11 is 0. The van der Waals surface area contributed by atoms with Gasteiger partial charge in [-0.25, -0.2) is 0 Å². The minimum atomic E-state index is -0.840. The highest BCUT2D eigenvalue weighted by Crippen LogP contribution is 2.21. The molecule has 2 N–H and O–H groups in total. The molecule has 1 rings (SSSR count). The van der Waals surface area contributed by atoms with Crippen LogP contribution in [-0.2, 0) is 9.47 Å². The monoisotopic (exact) mass is 187 g/mol. The van der Waals surface area contributed by atoms with Crippen LogP contribution in [-0.4, -0.2) is 55.5 Å². The Kier molecular flexibility index (Phi) is 4.19. The summed E-state index contributed by atoms with van der Waals surface area (Å²) < 4.78 is 10.2. The van der Waals surface area contributed by atoms with Crippen LogP contribution < -0.4 is 0 Å². The molecule has 75 valence electrons. The average Bonchev–Trinajstić information content (AvgIpc) is 2.36. The summed E-state index contributed by atoms with van der Waals surface area (Å²) in [5.41, 5.74) is 0. The Bertz CT molecular complexity index is 139. The van der Waals surface area contributed by atoms with Crippen molar-refractivity contribution in [1.82, 2.24) is 0 Å². The van der Waals surface area contributed by atoms with Crippen molar-refractivity contribution in [2.75, 3.05) is 13.7 Å². The predicted molar refractivity (Wildman–Crippen MR) is 48.8 cm³/mol. The largest absolute Gasteiger partial charge is 0.388 e. The van der Waals surface area contributed by atoms with Gasteiger partial charge in [0.2, 0.25) is 0 Å². The Morgan fingerprint density at radius 1 is 1.38 bits per heavy atom. The Morgan fingerprint density at radius 3 is 2.62 bits per heavy atom. The molecule has 4 nitrogen and oxygen atoms in total. The van der Waals surface area contributed by atoms with Gasteiger partial charge in [0.1, 0.15) is 18.3 Å². The fourth-order valence-electron chi connectivity index (χ4n) is 1.51. The summed E-state index contributed by atoms with van der Waals surface area (Å²) in [6.07, 6.45) is -1.26. The quantitative estimate of drug-likeness (QED) is 0.567. The van der Waals surface area contributed by atoms with Crippen molar-refractivity contribution in [2.24, 2.45) is 0 Å². The zero-order valence-electron chi connectivity index (χ0n) is 8.01. The molecular formula is C8H16BO4. The summed E-state index contributed by atoms with van der Waals surface area (Å²) in [4.78, 5) is 0. The van der Waals surface area contributed by atoms with E-state index in [2.05, 4.69) is 0 Å². The van der Waals surface area contributed by atoms with Crippen LogP contribution in [0.3, 0.4) is 0 Å². The molecule has 0 saturated carbocycles. The van der Waals surface area contributed by atoms with Gasteiger partial charge in [0.05, 0.1) is 12.6 Å². The van der Waals surface area contributed by atoms with Gasteiger partial charge in [-0.3, -0.25) is 0 Å². The van der Waals surface area contributed by atoms with E-state index in [1.165, 1.54) is 0 Å². The zero-order chi connectivity index (χ0) is 9.84. The Morgan fingerprint density at radius 2 is 2.08 bits per heavy atom. The lowest BCUT2D eigenvalue weighted by Gasteiger charge is -2.12. The van der Waals surface area contributed by atoms with E-state index in [1.807, 2.05) is 14.2 Å². The third-order valence-corrected chi connectivity index (χ3v) is 2.20. The molecule has 1 aliphatic rings. The summed E-state index contributed by atoms with van der Waals surface area (Å²) in [6, 6.07) is -0.361. The Labute approximate surface area is 79.1 Å². The average molecular weight is 187 g/mol. The van der Waals surface area contributed by atoms with E-state index in [1.54, 1.807) is 7.11 Å². The first-order valence-corrected chi connectivity index (χ1v) is 4.54. The molecule has 0 aromatic rings. The lowest BCUT2D eigenvalue weighted by Crippen LogP contribution is -2.35. The second-order valence-corrected chi connectivity index (χ2v) is 3.22. The number of aliphatic hydroxyl groups excluding tert-OH is 2. The summed E-state index contributed by atoms with van der Waals surface area (Å²) in [7, 11) is 3.39. The first-order valence-electron chi connectivity index (χ1n) is 4.54. The maximum absolute atomic E-state index is 9.52. The molecule has 0 aromatic heterocycles. The molecule has 5 heteroatoms. The van der Waals surface area contributed by atoms with Gasteiger partial charge in [-0.1, -0.05) is 13.2 Å². The molecule has 0 aliphatic carbocycles. The highest BCUT2D eigenvalue weighted by molar-refractivity contribution is 6.37. The lowest BCUT2D eigenvalue weighted by molar-refractivity contribution is -0.0213.